The summed E-state index contributed by atoms with van der Waals surface area (Å²) in [6, 6.07) is 3.54. The number of hydrogen-bond acceptors (Lipinski definition) is 3. The van der Waals surface area contributed by atoms with Gasteiger partial charge in [0.05, 0.1) is 7.11 Å². The van der Waals surface area contributed by atoms with E-state index >= 15 is 0 Å². The lowest BCUT2D eigenvalue weighted by atomic mass is 10.2. The quantitative estimate of drug-likeness (QED) is 0.498. The second-order valence-corrected chi connectivity index (χ2v) is 2.13. The summed E-state index contributed by atoms with van der Waals surface area (Å²) in [5.41, 5.74) is 0.897. The van der Waals surface area contributed by atoms with Crippen LogP contribution in [0.25, 0.3) is 6.08 Å². The average molecular weight is 163 g/mol. The minimum absolute atomic E-state index is 0.544. The van der Waals surface area contributed by atoms with Crippen LogP contribution < -0.4 is 4.74 Å². The van der Waals surface area contributed by atoms with E-state index in [1.807, 2.05) is 0 Å². The monoisotopic (exact) mass is 163 g/mol. The number of aldehydes is 1. The van der Waals surface area contributed by atoms with Crippen molar-refractivity contribution in [2.45, 2.75) is 0 Å². The predicted molar refractivity (Wildman–Crippen MR) is 45.9 cm³/mol. The molecule has 12 heavy (non-hydrogen) atoms. The van der Waals surface area contributed by atoms with Crippen LogP contribution in [0.15, 0.2) is 24.4 Å². The maximum atomic E-state index is 10.00. The summed E-state index contributed by atoms with van der Waals surface area (Å²) in [6.07, 6.45) is 5.47. The normalized spacial score (nSPS) is 10.1. The summed E-state index contributed by atoms with van der Waals surface area (Å²) in [4.78, 5) is 13.9. The highest BCUT2D eigenvalue weighted by Gasteiger charge is 1.91. The number of carbonyl (C=O) groups excluding carboxylic acids is 1. The first-order valence-electron chi connectivity index (χ1n) is 3.48. The van der Waals surface area contributed by atoms with E-state index in [-0.39, 0.29) is 0 Å². The minimum Gasteiger partial charge on any atom is -0.481 e. The topological polar surface area (TPSA) is 39.2 Å². The minimum atomic E-state index is 0.544. The summed E-state index contributed by atoms with van der Waals surface area (Å²) in [7, 11) is 1.55. The molecule has 0 aliphatic carbocycles. The first-order chi connectivity index (χ1) is 5.86. The molecule has 0 bridgehead atoms. The Morgan fingerprint density at radius 2 is 2.42 bits per heavy atom. The highest BCUT2D eigenvalue weighted by Crippen LogP contribution is 2.09. The molecule has 0 aromatic carbocycles. The van der Waals surface area contributed by atoms with Crippen LogP contribution in [0.2, 0.25) is 0 Å². The van der Waals surface area contributed by atoms with Gasteiger partial charge in [0.15, 0.2) is 0 Å². The summed E-state index contributed by atoms with van der Waals surface area (Å²) in [5.74, 6) is 0.544. The van der Waals surface area contributed by atoms with Crippen LogP contribution in [0.3, 0.4) is 0 Å². The van der Waals surface area contributed by atoms with E-state index in [0.29, 0.717) is 5.88 Å². The first-order valence-corrected chi connectivity index (χ1v) is 3.48. The van der Waals surface area contributed by atoms with Crippen LogP contribution in [-0.2, 0) is 4.79 Å². The molecule has 0 aliphatic rings. The molecule has 3 nitrogen and oxygen atoms in total. The molecule has 0 saturated carbocycles. The standard InChI is InChI=1S/C9H9NO2/c1-12-9-7-8(3-2-6-11)4-5-10-9/h2-7H,1H3. The van der Waals surface area contributed by atoms with Crippen molar-refractivity contribution in [3.8, 4) is 5.88 Å². The van der Waals surface area contributed by atoms with Crippen molar-refractivity contribution >= 4 is 12.4 Å². The van der Waals surface area contributed by atoms with Gasteiger partial charge in [0.1, 0.15) is 6.29 Å². The molecule has 62 valence electrons. The second-order valence-electron chi connectivity index (χ2n) is 2.13. The number of allylic oxidation sites excluding steroid dienone is 1. The molecule has 0 radical (unpaired) electrons. The van der Waals surface area contributed by atoms with Crippen molar-refractivity contribution in [2.75, 3.05) is 7.11 Å². The van der Waals surface area contributed by atoms with Crippen LogP contribution in [0.1, 0.15) is 5.56 Å². The Morgan fingerprint density at radius 1 is 1.58 bits per heavy atom. The maximum absolute atomic E-state index is 10.00. The van der Waals surface area contributed by atoms with Crippen LogP contribution >= 0.6 is 0 Å². The maximum Gasteiger partial charge on any atom is 0.213 e. The molecule has 0 fully saturated rings. The third-order valence-corrected chi connectivity index (χ3v) is 1.34. The highest BCUT2D eigenvalue weighted by atomic mass is 16.5. The molecule has 0 unspecified atom stereocenters. The lowest BCUT2D eigenvalue weighted by molar-refractivity contribution is -0.104. The summed E-state index contributed by atoms with van der Waals surface area (Å²) in [6.45, 7) is 0. The van der Waals surface area contributed by atoms with Gasteiger partial charge >= 0.3 is 0 Å². The van der Waals surface area contributed by atoms with Gasteiger partial charge < -0.3 is 4.74 Å². The number of methoxy groups -OCH3 is 1. The lowest BCUT2D eigenvalue weighted by Crippen LogP contribution is -1.86. The number of aromatic nitrogens is 1. The average Bonchev–Trinajstić information content (AvgIpc) is 2.15. The zero-order valence-corrected chi connectivity index (χ0v) is 6.73. The van der Waals surface area contributed by atoms with E-state index < -0.39 is 0 Å². The zero-order valence-electron chi connectivity index (χ0n) is 6.73. The van der Waals surface area contributed by atoms with Gasteiger partial charge in [-0.1, -0.05) is 6.08 Å². The fourth-order valence-corrected chi connectivity index (χ4v) is 0.790. The van der Waals surface area contributed by atoms with E-state index in [0.717, 1.165) is 11.8 Å². The number of ether oxygens (including phenoxy) is 1. The Bertz CT molecular complexity index is 294. The number of rotatable bonds is 3. The van der Waals surface area contributed by atoms with Crippen molar-refractivity contribution in [1.82, 2.24) is 4.98 Å². The SMILES string of the molecule is COc1cc(C=CC=O)ccn1. The molecule has 0 saturated heterocycles. The number of hydrogen-bond donors (Lipinski definition) is 0. The smallest absolute Gasteiger partial charge is 0.213 e. The molecular weight excluding hydrogens is 154 g/mol. The zero-order chi connectivity index (χ0) is 8.81. The molecule has 1 heterocycles. The fourth-order valence-electron chi connectivity index (χ4n) is 0.790. The Kier molecular flexibility index (Phi) is 3.02. The van der Waals surface area contributed by atoms with Crippen LogP contribution in [0.4, 0.5) is 0 Å². The summed E-state index contributed by atoms with van der Waals surface area (Å²) >= 11 is 0. The van der Waals surface area contributed by atoms with Gasteiger partial charge in [0.2, 0.25) is 5.88 Å². The lowest BCUT2D eigenvalue weighted by Gasteiger charge is -1.97. The molecule has 1 aromatic heterocycles. The van der Waals surface area contributed by atoms with Crippen molar-refractivity contribution in [1.29, 1.82) is 0 Å². The van der Waals surface area contributed by atoms with Gasteiger partial charge in [0.25, 0.3) is 0 Å². The summed E-state index contributed by atoms with van der Waals surface area (Å²) in [5, 5.41) is 0. The molecule has 0 aliphatic heterocycles. The molecule has 0 spiro atoms. The number of carbonyl (C=O) groups is 1. The molecule has 1 aromatic rings. The van der Waals surface area contributed by atoms with Crippen molar-refractivity contribution in [3.05, 3.63) is 30.0 Å². The van der Waals surface area contributed by atoms with Crippen molar-refractivity contribution in [2.24, 2.45) is 0 Å². The number of nitrogens with zero attached hydrogens (tertiary/aromatic N) is 1. The van der Waals surface area contributed by atoms with Gasteiger partial charge in [0, 0.05) is 12.3 Å². The predicted octanol–water partition coefficient (Wildman–Crippen LogP) is 1.30. The van der Waals surface area contributed by atoms with E-state index in [9.17, 15) is 4.79 Å². The third-order valence-electron chi connectivity index (χ3n) is 1.34. The van der Waals surface area contributed by atoms with Gasteiger partial charge in [-0.3, -0.25) is 4.79 Å². The number of pyridine rings is 1. The summed E-state index contributed by atoms with van der Waals surface area (Å²) < 4.78 is 4.90. The fraction of sp³-hybridized carbons (Fsp3) is 0.111. The van der Waals surface area contributed by atoms with Gasteiger partial charge in [-0.15, -0.1) is 0 Å². The van der Waals surface area contributed by atoms with Gasteiger partial charge in [-0.05, 0) is 17.7 Å². The Balaban J connectivity index is 2.86. The first kappa shape index (κ1) is 8.46. The third kappa shape index (κ3) is 2.20. The molecular formula is C9H9NO2. The Labute approximate surface area is 70.7 Å². The van der Waals surface area contributed by atoms with E-state index in [2.05, 4.69) is 4.98 Å². The largest absolute Gasteiger partial charge is 0.481 e. The molecule has 0 amide bonds. The Hall–Kier alpha value is -1.64. The van der Waals surface area contributed by atoms with Gasteiger partial charge in [-0.2, -0.15) is 0 Å². The highest BCUT2D eigenvalue weighted by molar-refractivity contribution is 5.73. The van der Waals surface area contributed by atoms with Crippen LogP contribution in [-0.4, -0.2) is 18.4 Å². The van der Waals surface area contributed by atoms with Crippen LogP contribution in [0.5, 0.6) is 5.88 Å². The molecule has 3 heteroatoms. The molecule has 0 N–H and O–H groups in total. The Morgan fingerprint density at radius 3 is 3.08 bits per heavy atom. The van der Waals surface area contributed by atoms with E-state index in [1.165, 1.54) is 6.08 Å². The van der Waals surface area contributed by atoms with E-state index in [1.54, 1.807) is 31.5 Å². The van der Waals surface area contributed by atoms with Crippen LogP contribution in [0, 0.1) is 0 Å². The molecule has 1 rings (SSSR count). The van der Waals surface area contributed by atoms with Crippen molar-refractivity contribution in [3.63, 3.8) is 0 Å². The van der Waals surface area contributed by atoms with Gasteiger partial charge in [-0.25, -0.2) is 4.98 Å². The molecule has 0 atom stereocenters. The van der Waals surface area contributed by atoms with E-state index in [4.69, 9.17) is 4.74 Å². The van der Waals surface area contributed by atoms with Crippen molar-refractivity contribution < 1.29 is 9.53 Å². The second kappa shape index (κ2) is 4.28.